The third-order valence-electron chi connectivity index (χ3n) is 3.64. The lowest BCUT2D eigenvalue weighted by molar-refractivity contribution is 0.341. The largest absolute Gasteiger partial charge is 0.492 e. The molecule has 0 fully saturated rings. The summed E-state index contributed by atoms with van der Waals surface area (Å²) in [7, 11) is 0. The first-order chi connectivity index (χ1) is 11.6. The topological polar surface area (TPSA) is 66.0 Å². The molecule has 0 aliphatic carbocycles. The third-order valence-corrected chi connectivity index (χ3v) is 4.55. The summed E-state index contributed by atoms with van der Waals surface area (Å²) in [5.74, 6) is 8.44. The summed E-state index contributed by atoms with van der Waals surface area (Å²) in [6.45, 7) is 4.67. The molecular weight excluding hydrogens is 320 g/mol. The molecule has 0 amide bonds. The van der Waals surface area contributed by atoms with Gasteiger partial charge in [0.25, 0.3) is 0 Å². The summed E-state index contributed by atoms with van der Waals surface area (Å²) in [6, 6.07) is 16.0. The van der Waals surface area contributed by atoms with E-state index in [4.69, 9.17) is 10.6 Å². The van der Waals surface area contributed by atoms with Crippen molar-refractivity contribution in [3.63, 3.8) is 0 Å². The third kappa shape index (κ3) is 3.71. The van der Waals surface area contributed by atoms with E-state index in [-0.39, 0.29) is 0 Å². The van der Waals surface area contributed by atoms with Crippen LogP contribution >= 0.6 is 11.8 Å². The highest BCUT2D eigenvalue weighted by Gasteiger charge is 2.12. The van der Waals surface area contributed by atoms with Crippen LogP contribution in [0.3, 0.4) is 0 Å². The van der Waals surface area contributed by atoms with Crippen molar-refractivity contribution in [2.75, 3.05) is 18.2 Å². The summed E-state index contributed by atoms with van der Waals surface area (Å²) in [5, 5.41) is 9.04. The van der Waals surface area contributed by atoms with Gasteiger partial charge in [-0.1, -0.05) is 59.8 Å². The van der Waals surface area contributed by atoms with Gasteiger partial charge in [-0.05, 0) is 25.5 Å². The molecule has 0 unspecified atom stereocenters. The van der Waals surface area contributed by atoms with Crippen LogP contribution in [-0.4, -0.2) is 27.2 Å². The minimum Gasteiger partial charge on any atom is -0.492 e. The summed E-state index contributed by atoms with van der Waals surface area (Å²) < 4.78 is 7.31. The Morgan fingerprint density at radius 2 is 1.79 bits per heavy atom. The van der Waals surface area contributed by atoms with E-state index in [1.54, 1.807) is 0 Å². The van der Waals surface area contributed by atoms with E-state index in [9.17, 15) is 0 Å². The molecule has 6 heteroatoms. The molecule has 0 aliphatic heterocycles. The van der Waals surface area contributed by atoms with Crippen LogP contribution in [0.15, 0.2) is 53.7 Å². The van der Waals surface area contributed by atoms with Crippen molar-refractivity contribution in [3.05, 3.63) is 59.7 Å². The zero-order chi connectivity index (χ0) is 16.9. The molecule has 0 spiro atoms. The van der Waals surface area contributed by atoms with Gasteiger partial charge >= 0.3 is 0 Å². The highest BCUT2D eigenvalue weighted by atomic mass is 32.2. The zero-order valence-corrected chi connectivity index (χ0v) is 14.6. The minimum atomic E-state index is 0.586. The maximum atomic E-state index is 6.12. The fourth-order valence-electron chi connectivity index (χ4n) is 2.28. The lowest BCUT2D eigenvalue weighted by Crippen LogP contribution is -2.12. The van der Waals surface area contributed by atoms with E-state index < -0.39 is 0 Å². The van der Waals surface area contributed by atoms with Gasteiger partial charge in [-0.15, -0.1) is 10.2 Å². The van der Waals surface area contributed by atoms with Crippen molar-refractivity contribution >= 4 is 11.8 Å². The molecule has 3 rings (SSSR count). The van der Waals surface area contributed by atoms with Crippen molar-refractivity contribution in [3.8, 4) is 17.1 Å². The normalized spacial score (nSPS) is 10.8. The van der Waals surface area contributed by atoms with Gasteiger partial charge < -0.3 is 10.6 Å². The lowest BCUT2D eigenvalue weighted by Gasteiger charge is -2.08. The first-order valence-electron chi connectivity index (χ1n) is 7.74. The fourth-order valence-corrected chi connectivity index (χ4v) is 2.95. The summed E-state index contributed by atoms with van der Waals surface area (Å²) in [4.78, 5) is 0. The Labute approximate surface area is 145 Å². The molecule has 124 valence electrons. The van der Waals surface area contributed by atoms with Crippen LogP contribution in [0, 0.1) is 13.8 Å². The summed E-state index contributed by atoms with van der Waals surface area (Å²) in [6.07, 6.45) is 0. The van der Waals surface area contributed by atoms with Crippen molar-refractivity contribution in [1.82, 2.24) is 14.9 Å². The molecule has 0 saturated carbocycles. The predicted molar refractivity (Wildman–Crippen MR) is 97.7 cm³/mol. The van der Waals surface area contributed by atoms with E-state index in [0.29, 0.717) is 17.6 Å². The number of para-hydroxylation sites is 1. The van der Waals surface area contributed by atoms with Gasteiger partial charge in [0.05, 0.1) is 6.61 Å². The van der Waals surface area contributed by atoms with Crippen LogP contribution in [0.2, 0.25) is 0 Å². The second-order valence-electron chi connectivity index (χ2n) is 5.50. The molecule has 1 aromatic heterocycles. The van der Waals surface area contributed by atoms with E-state index in [2.05, 4.69) is 10.2 Å². The Morgan fingerprint density at radius 1 is 1.04 bits per heavy atom. The Kier molecular flexibility index (Phi) is 5.05. The number of aryl methyl sites for hydroxylation is 2. The summed E-state index contributed by atoms with van der Waals surface area (Å²) in [5.41, 5.74) is 3.29. The van der Waals surface area contributed by atoms with Crippen LogP contribution in [-0.2, 0) is 0 Å². The molecule has 0 bridgehead atoms. The van der Waals surface area contributed by atoms with Gasteiger partial charge in [0.15, 0.2) is 5.82 Å². The molecule has 0 atom stereocenters. The van der Waals surface area contributed by atoms with E-state index in [1.165, 1.54) is 22.0 Å². The van der Waals surface area contributed by atoms with Crippen molar-refractivity contribution in [2.45, 2.75) is 19.0 Å². The number of ether oxygens (including phenoxy) is 1. The van der Waals surface area contributed by atoms with Crippen LogP contribution in [0.1, 0.15) is 11.1 Å². The van der Waals surface area contributed by atoms with Crippen LogP contribution in [0.4, 0.5) is 0 Å². The molecule has 0 aliphatic rings. The quantitative estimate of drug-likeness (QED) is 0.423. The number of hydrogen-bond donors (Lipinski definition) is 1. The van der Waals surface area contributed by atoms with E-state index in [1.807, 2.05) is 62.4 Å². The number of thioether (sulfide) groups is 1. The standard InChI is InChI=1S/C18H20N4OS/c1-13-7-9-15(10-8-13)17-20-21-18(22(17)19)24-12-11-23-16-6-4-3-5-14(16)2/h3-10H,11-12,19H2,1-2H3. The lowest BCUT2D eigenvalue weighted by atomic mass is 10.1. The minimum absolute atomic E-state index is 0.586. The average molecular weight is 340 g/mol. The first-order valence-corrected chi connectivity index (χ1v) is 8.72. The van der Waals surface area contributed by atoms with Gasteiger partial charge in [-0.2, -0.15) is 0 Å². The molecule has 3 aromatic rings. The molecule has 0 saturated heterocycles. The van der Waals surface area contributed by atoms with Crippen molar-refractivity contribution < 1.29 is 4.74 Å². The van der Waals surface area contributed by atoms with Gasteiger partial charge in [0.1, 0.15) is 5.75 Å². The Bertz CT molecular complexity index is 814. The Morgan fingerprint density at radius 3 is 2.54 bits per heavy atom. The number of nitrogen functional groups attached to an aromatic ring is 1. The maximum Gasteiger partial charge on any atom is 0.210 e. The molecule has 2 aromatic carbocycles. The van der Waals surface area contributed by atoms with Crippen LogP contribution in [0.25, 0.3) is 11.4 Å². The average Bonchev–Trinajstić information content (AvgIpc) is 2.95. The Balaban J connectivity index is 1.58. The second-order valence-corrected chi connectivity index (χ2v) is 6.57. The van der Waals surface area contributed by atoms with Gasteiger partial charge in [0.2, 0.25) is 5.16 Å². The van der Waals surface area contributed by atoms with Gasteiger partial charge in [-0.3, -0.25) is 0 Å². The number of nitrogens with zero attached hydrogens (tertiary/aromatic N) is 3. The van der Waals surface area contributed by atoms with Crippen molar-refractivity contribution in [2.24, 2.45) is 0 Å². The molecule has 5 nitrogen and oxygen atoms in total. The van der Waals surface area contributed by atoms with Gasteiger partial charge in [-0.25, -0.2) is 4.68 Å². The fraction of sp³-hybridized carbons (Fsp3) is 0.222. The zero-order valence-electron chi connectivity index (χ0n) is 13.8. The number of hydrogen-bond acceptors (Lipinski definition) is 5. The highest BCUT2D eigenvalue weighted by Crippen LogP contribution is 2.22. The molecule has 1 heterocycles. The number of benzene rings is 2. The van der Waals surface area contributed by atoms with Crippen LogP contribution in [0.5, 0.6) is 5.75 Å². The van der Waals surface area contributed by atoms with E-state index >= 15 is 0 Å². The molecule has 0 radical (unpaired) electrons. The molecule has 24 heavy (non-hydrogen) atoms. The number of rotatable bonds is 6. The maximum absolute atomic E-state index is 6.12. The second kappa shape index (κ2) is 7.40. The molecular formula is C18H20N4OS. The van der Waals surface area contributed by atoms with Crippen LogP contribution < -0.4 is 10.6 Å². The predicted octanol–water partition coefficient (Wildman–Crippen LogP) is 3.45. The first kappa shape index (κ1) is 16.4. The monoisotopic (exact) mass is 340 g/mol. The molecule has 2 N–H and O–H groups in total. The number of nitrogens with two attached hydrogens (primary N) is 1. The van der Waals surface area contributed by atoms with Crippen molar-refractivity contribution in [1.29, 1.82) is 0 Å². The SMILES string of the molecule is Cc1ccc(-c2nnc(SCCOc3ccccc3C)n2N)cc1. The van der Waals surface area contributed by atoms with E-state index in [0.717, 1.165) is 22.6 Å². The summed E-state index contributed by atoms with van der Waals surface area (Å²) >= 11 is 1.53. The smallest absolute Gasteiger partial charge is 0.210 e. The highest BCUT2D eigenvalue weighted by molar-refractivity contribution is 7.99. The number of aromatic nitrogens is 3. The Hall–Kier alpha value is -2.47. The van der Waals surface area contributed by atoms with Gasteiger partial charge in [0, 0.05) is 11.3 Å².